The zero-order valence-corrected chi connectivity index (χ0v) is 37.6. The molecule has 8 amide bonds. The van der Waals surface area contributed by atoms with Crippen LogP contribution in [0.4, 0.5) is 0 Å². The van der Waals surface area contributed by atoms with Gasteiger partial charge in [-0.1, -0.05) is 0 Å². The number of primary amides is 1. The number of hydrogen-bond donors (Lipinski definition) is 13. The quantitative estimate of drug-likeness (QED) is 0.0378. The monoisotopic (exact) mass is 947 g/mol. The van der Waals surface area contributed by atoms with Crippen molar-refractivity contribution in [2.45, 2.75) is 171 Å². The van der Waals surface area contributed by atoms with Crippen molar-refractivity contribution in [3.63, 3.8) is 0 Å². The van der Waals surface area contributed by atoms with Gasteiger partial charge in [0.1, 0.15) is 85.0 Å². The summed E-state index contributed by atoms with van der Waals surface area (Å²) in [6.07, 6.45) is -11.8. The molecule has 374 valence electrons. The largest absolute Gasteiger partial charge is 0.480 e. The predicted octanol–water partition coefficient (Wildman–Crippen LogP) is -6.69. The van der Waals surface area contributed by atoms with E-state index < -0.39 is 164 Å². The summed E-state index contributed by atoms with van der Waals surface area (Å²) in [5.74, 6) is -7.48. The van der Waals surface area contributed by atoms with Gasteiger partial charge in [0.05, 0.1) is 13.2 Å². The third-order valence-corrected chi connectivity index (χ3v) is 10.9. The van der Waals surface area contributed by atoms with Crippen LogP contribution in [0.25, 0.3) is 0 Å². The van der Waals surface area contributed by atoms with Crippen LogP contribution in [0.2, 0.25) is 0 Å². The van der Waals surface area contributed by atoms with Gasteiger partial charge in [0.25, 0.3) is 0 Å². The summed E-state index contributed by atoms with van der Waals surface area (Å²) in [6.45, 7) is 6.99. The Morgan fingerprint density at radius 3 is 1.88 bits per heavy atom. The number of fused-ring (bicyclic) bond motifs is 2. The minimum Gasteiger partial charge on any atom is -0.480 e. The lowest BCUT2D eigenvalue weighted by Gasteiger charge is -2.47. The number of nitrogens with one attached hydrogen (secondary N) is 7. The number of nitrogens with two attached hydrogens (primary N) is 2. The molecule has 0 saturated carbocycles. The fourth-order valence-electron chi connectivity index (χ4n) is 7.18. The van der Waals surface area contributed by atoms with Gasteiger partial charge < -0.3 is 92.8 Å². The maximum Gasteiger partial charge on any atom is 0.325 e. The summed E-state index contributed by atoms with van der Waals surface area (Å²) >= 11 is 0. The highest BCUT2D eigenvalue weighted by atomic mass is 16.8. The molecule has 0 radical (unpaired) electrons. The predicted molar refractivity (Wildman–Crippen MR) is 222 cm³/mol. The van der Waals surface area contributed by atoms with Crippen LogP contribution in [0, 0.1) is 0 Å². The summed E-state index contributed by atoms with van der Waals surface area (Å²) in [5, 5.41) is 57.3. The molecule has 2 bridgehead atoms. The van der Waals surface area contributed by atoms with Gasteiger partial charge in [0.2, 0.25) is 47.3 Å². The minimum absolute atomic E-state index is 0.0982. The number of aliphatic hydroxyl groups is 3. The number of carbonyl (C=O) groups is 9. The highest BCUT2D eigenvalue weighted by molar-refractivity contribution is 5.94. The van der Waals surface area contributed by atoms with Crippen LogP contribution >= 0.6 is 0 Å². The molecule has 15 N–H and O–H groups in total. The van der Waals surface area contributed by atoms with Gasteiger partial charge in [-0.05, 0) is 59.9 Å². The minimum atomic E-state index is -1.67. The van der Waals surface area contributed by atoms with Crippen molar-refractivity contribution in [1.82, 2.24) is 37.2 Å². The van der Waals surface area contributed by atoms with Crippen molar-refractivity contribution in [3.8, 4) is 0 Å². The summed E-state index contributed by atoms with van der Waals surface area (Å²) < 4.78 is 29.8. The number of hydrogen-bond acceptors (Lipinski definition) is 18. The van der Waals surface area contributed by atoms with Crippen LogP contribution in [0.5, 0.6) is 0 Å². The van der Waals surface area contributed by atoms with Gasteiger partial charge in [-0.3, -0.25) is 43.2 Å². The van der Waals surface area contributed by atoms with Gasteiger partial charge in [0, 0.05) is 20.3 Å². The molecule has 16 unspecified atom stereocenters. The lowest BCUT2D eigenvalue weighted by atomic mass is 9.95. The highest BCUT2D eigenvalue weighted by Crippen LogP contribution is 2.35. The lowest BCUT2D eigenvalue weighted by Crippen LogP contribution is -2.68. The first-order chi connectivity index (χ1) is 31.0. The van der Waals surface area contributed by atoms with E-state index in [-0.39, 0.29) is 19.4 Å². The Labute approximate surface area is 379 Å². The van der Waals surface area contributed by atoms with Crippen molar-refractivity contribution in [1.29, 1.82) is 0 Å². The first-order valence-corrected chi connectivity index (χ1v) is 21.5. The molecule has 3 aliphatic rings. The Morgan fingerprint density at radius 2 is 1.30 bits per heavy atom. The number of amides is 8. The standard InChI is InChI=1S/C39H65N9O18/c1-15(33(56)44-17(3)37(60)61)43-36(59)22(9-7-8-12-40)47-25(52)11-10-21(32(41)55)48-34(57)16(2)42-35(58)18(4)63-31-27(46-20(6)51)38-62-14-24(65-38)30(31)66-39-26(45-19(5)50)29(54)28(53)23(13-49)64-39/h15-18,21-24,26-31,38-39,49,53-54H,7-14,40H2,1-6H3,(H2,41,55)(H,42,58)(H,43,59)(H,44,56)(H,45,50)(H,46,51)(H,47,52)(H,48,57)(H,60,61). The number of carboxylic acid groups (broad SMARTS) is 1. The molecule has 16 atom stereocenters. The van der Waals surface area contributed by atoms with Crippen molar-refractivity contribution in [2.75, 3.05) is 19.8 Å². The normalized spacial score (nSPS) is 28.5. The fraction of sp³-hybridized carbons (Fsp3) is 0.769. The molecule has 0 spiro atoms. The molecule has 3 fully saturated rings. The lowest BCUT2D eigenvalue weighted by molar-refractivity contribution is -0.313. The van der Waals surface area contributed by atoms with Gasteiger partial charge in [0.15, 0.2) is 12.6 Å². The van der Waals surface area contributed by atoms with Crippen molar-refractivity contribution in [2.24, 2.45) is 11.5 Å². The number of carbonyl (C=O) groups excluding carboxylic acids is 8. The molecule has 27 heteroatoms. The number of carboxylic acids is 1. The topological polar surface area (TPSA) is 417 Å². The molecular formula is C39H65N9O18. The van der Waals surface area contributed by atoms with E-state index in [1.54, 1.807) is 0 Å². The molecule has 3 rings (SSSR count). The van der Waals surface area contributed by atoms with Crippen molar-refractivity contribution in [3.05, 3.63) is 0 Å². The van der Waals surface area contributed by atoms with E-state index in [0.29, 0.717) is 19.4 Å². The molecule has 0 aliphatic carbocycles. The first kappa shape index (κ1) is 55.2. The number of aliphatic hydroxyl groups excluding tert-OH is 3. The fourth-order valence-corrected chi connectivity index (χ4v) is 7.18. The van der Waals surface area contributed by atoms with Gasteiger partial charge in [-0.15, -0.1) is 0 Å². The van der Waals surface area contributed by atoms with E-state index in [0.717, 1.165) is 6.92 Å². The Hall–Kier alpha value is -5.13. The van der Waals surface area contributed by atoms with E-state index in [2.05, 4.69) is 37.2 Å². The van der Waals surface area contributed by atoms with Crippen molar-refractivity contribution < 1.29 is 87.3 Å². The van der Waals surface area contributed by atoms with Gasteiger partial charge >= 0.3 is 5.97 Å². The Balaban J connectivity index is 1.67. The SMILES string of the molecule is CC(=O)NC1C(OC2C3COC(O3)C(NC(C)=O)C2OC(C)C(=O)NC(C)C(=O)NC(CCC(=O)NC(CCCCN)C(=O)NC(C)C(=O)NC(C)C(=O)O)C(N)=O)OC(CO)C(O)C1O. The van der Waals surface area contributed by atoms with E-state index in [1.807, 2.05) is 0 Å². The summed E-state index contributed by atoms with van der Waals surface area (Å²) in [4.78, 5) is 113. The van der Waals surface area contributed by atoms with Crippen LogP contribution in [0.3, 0.4) is 0 Å². The smallest absolute Gasteiger partial charge is 0.325 e. The number of aliphatic carboxylic acids is 1. The number of rotatable bonds is 25. The van der Waals surface area contributed by atoms with Crippen LogP contribution < -0.4 is 48.7 Å². The van der Waals surface area contributed by atoms with Crippen LogP contribution in [0.1, 0.15) is 73.6 Å². The second-order valence-electron chi connectivity index (χ2n) is 16.3. The van der Waals surface area contributed by atoms with Gasteiger partial charge in [-0.2, -0.15) is 0 Å². The molecule has 0 aromatic heterocycles. The Bertz CT molecular complexity index is 1740. The molecule has 66 heavy (non-hydrogen) atoms. The summed E-state index contributed by atoms with van der Waals surface area (Å²) in [7, 11) is 0. The van der Waals surface area contributed by atoms with Crippen LogP contribution in [-0.4, -0.2) is 191 Å². The highest BCUT2D eigenvalue weighted by Gasteiger charge is 2.56. The second-order valence-corrected chi connectivity index (χ2v) is 16.3. The first-order valence-electron chi connectivity index (χ1n) is 21.5. The van der Waals surface area contributed by atoms with Crippen molar-refractivity contribution >= 4 is 53.2 Å². The number of unbranched alkanes of at least 4 members (excludes halogenated alkanes) is 1. The molecule has 3 aliphatic heterocycles. The molecule has 3 saturated heterocycles. The number of ether oxygens (including phenoxy) is 5. The van der Waals surface area contributed by atoms with Crippen LogP contribution in [-0.2, 0) is 66.8 Å². The second kappa shape index (κ2) is 25.7. The van der Waals surface area contributed by atoms with E-state index in [9.17, 15) is 58.5 Å². The van der Waals surface area contributed by atoms with E-state index in [4.69, 9.17) is 40.3 Å². The molecule has 0 aromatic carbocycles. The van der Waals surface area contributed by atoms with E-state index >= 15 is 0 Å². The molecule has 3 heterocycles. The summed E-state index contributed by atoms with van der Waals surface area (Å²) in [5.41, 5.74) is 11.1. The molecule has 0 aromatic rings. The van der Waals surface area contributed by atoms with E-state index in [1.165, 1.54) is 34.6 Å². The summed E-state index contributed by atoms with van der Waals surface area (Å²) in [6, 6.07) is -8.81. The third-order valence-electron chi connectivity index (χ3n) is 10.9. The Kier molecular flexibility index (Phi) is 21.5. The maximum atomic E-state index is 13.5. The zero-order chi connectivity index (χ0) is 49.6. The molecular weight excluding hydrogens is 882 g/mol. The average molecular weight is 948 g/mol. The van der Waals surface area contributed by atoms with Crippen LogP contribution in [0.15, 0.2) is 0 Å². The maximum absolute atomic E-state index is 13.5. The Morgan fingerprint density at radius 1 is 0.712 bits per heavy atom. The zero-order valence-electron chi connectivity index (χ0n) is 37.6. The third kappa shape index (κ3) is 15.8. The van der Waals surface area contributed by atoms with Gasteiger partial charge in [-0.25, -0.2) is 0 Å². The average Bonchev–Trinajstić information content (AvgIpc) is 3.69. The molecule has 27 nitrogen and oxygen atoms in total.